The molecule has 0 aromatic heterocycles. The van der Waals surface area contributed by atoms with Crippen LogP contribution in [0.5, 0.6) is 0 Å². The Labute approximate surface area is 148 Å². The summed E-state index contributed by atoms with van der Waals surface area (Å²) < 4.78 is 0. The van der Waals surface area contributed by atoms with Crippen LogP contribution in [0.4, 0.5) is 4.79 Å². The highest BCUT2D eigenvalue weighted by Crippen LogP contribution is 2.33. The number of urea groups is 1. The first-order valence-electron chi connectivity index (χ1n) is 7.73. The molecule has 0 radical (unpaired) electrons. The number of carboxylic acid groups (broad SMARTS) is 3. The van der Waals surface area contributed by atoms with Gasteiger partial charge in [-0.05, 0) is 12.8 Å². The molecule has 0 bridgehead atoms. The number of unbranched alkanes of at least 4 members (excludes halogenated alkanes) is 1. The second-order valence-electron chi connectivity index (χ2n) is 5.71. The molecule has 142 valence electrons. The lowest BCUT2D eigenvalue weighted by atomic mass is 10.0. The molecule has 2 aliphatic heterocycles. The van der Waals surface area contributed by atoms with Crippen LogP contribution in [-0.4, -0.2) is 73.6 Å². The molecular weight excluding hydrogens is 356 g/mol. The van der Waals surface area contributed by atoms with E-state index in [0.29, 0.717) is 5.25 Å². The molecule has 25 heavy (non-hydrogen) atoms. The summed E-state index contributed by atoms with van der Waals surface area (Å²) in [4.78, 5) is 40.9. The number of aliphatic carboxylic acids is 3. The first-order valence-corrected chi connectivity index (χ1v) is 8.78. The monoisotopic (exact) mass is 378 g/mol. The molecule has 0 aromatic rings. The molecule has 0 spiro atoms. The number of nitrogens with one attached hydrogen (secondary N) is 2. The lowest BCUT2D eigenvalue weighted by Crippen LogP contribution is -2.36. The fraction of sp³-hybridized carbons (Fsp3) is 0.714. The molecule has 10 nitrogen and oxygen atoms in total. The van der Waals surface area contributed by atoms with Gasteiger partial charge in [0.2, 0.25) is 0 Å². The predicted molar refractivity (Wildman–Crippen MR) is 87.5 cm³/mol. The number of hydrogen-bond donors (Lipinski definition) is 6. The Morgan fingerprint density at radius 2 is 1.80 bits per heavy atom. The van der Waals surface area contributed by atoms with Gasteiger partial charge in [-0.25, -0.2) is 9.59 Å². The fourth-order valence-corrected chi connectivity index (χ4v) is 4.06. The quantitative estimate of drug-likeness (QED) is 0.245. The average molecular weight is 378 g/mol. The molecule has 1 unspecified atom stereocenters. The summed E-state index contributed by atoms with van der Waals surface area (Å²) in [5.74, 6) is -2.61. The molecule has 6 N–H and O–H groups in total. The van der Waals surface area contributed by atoms with Gasteiger partial charge in [0.15, 0.2) is 6.10 Å². The van der Waals surface area contributed by atoms with Crippen LogP contribution in [-0.2, 0) is 14.4 Å². The van der Waals surface area contributed by atoms with E-state index in [1.165, 1.54) is 0 Å². The molecule has 2 rings (SSSR count). The minimum Gasteiger partial charge on any atom is -0.481 e. The number of amides is 2. The van der Waals surface area contributed by atoms with E-state index in [4.69, 9.17) is 20.4 Å². The molecule has 2 saturated heterocycles. The van der Waals surface area contributed by atoms with E-state index in [-0.39, 0.29) is 24.5 Å². The van der Waals surface area contributed by atoms with E-state index in [2.05, 4.69) is 10.6 Å². The van der Waals surface area contributed by atoms with Crippen LogP contribution < -0.4 is 10.6 Å². The molecule has 2 amide bonds. The van der Waals surface area contributed by atoms with Crippen LogP contribution >= 0.6 is 11.8 Å². The summed E-state index contributed by atoms with van der Waals surface area (Å²) >= 11 is 1.87. The standard InChI is InChI=1S/C10H16N2O3S.C4H6O5/c13-8(14)4-2-1-3-7-9-6(5-16-7)11-10(15)12-9;5-2(4(8)9)1-3(6)7/h6-7,9H,1-5H2,(H,13,14)(H2,11,12,15);2,5H,1H2,(H,6,7)(H,8,9)/t6-,7-,9-;/m0./s1. The predicted octanol–water partition coefficient (Wildman–Crippen LogP) is -0.297. The van der Waals surface area contributed by atoms with Gasteiger partial charge in [-0.2, -0.15) is 11.8 Å². The third-order valence-corrected chi connectivity index (χ3v) is 5.23. The highest BCUT2D eigenvalue weighted by atomic mass is 32.2. The molecule has 2 aliphatic rings. The first kappa shape index (κ1) is 21.0. The van der Waals surface area contributed by atoms with Crippen LogP contribution in [0, 0.1) is 0 Å². The van der Waals surface area contributed by atoms with E-state index in [1.807, 2.05) is 11.8 Å². The van der Waals surface area contributed by atoms with Crippen molar-refractivity contribution in [2.24, 2.45) is 0 Å². The zero-order chi connectivity index (χ0) is 19.0. The minimum absolute atomic E-state index is 0.0640. The number of rotatable bonds is 8. The van der Waals surface area contributed by atoms with Crippen molar-refractivity contribution in [1.29, 1.82) is 0 Å². The topological polar surface area (TPSA) is 173 Å². The van der Waals surface area contributed by atoms with Crippen LogP contribution in [0.25, 0.3) is 0 Å². The normalized spacial score (nSPS) is 25.0. The van der Waals surface area contributed by atoms with E-state index in [0.717, 1.165) is 25.0 Å². The minimum atomic E-state index is -1.79. The number of hydrogen-bond acceptors (Lipinski definition) is 6. The Morgan fingerprint density at radius 1 is 1.12 bits per heavy atom. The van der Waals surface area contributed by atoms with Crippen LogP contribution in [0.2, 0.25) is 0 Å². The zero-order valence-electron chi connectivity index (χ0n) is 13.4. The average Bonchev–Trinajstić information content (AvgIpc) is 3.03. The smallest absolute Gasteiger partial charge is 0.333 e. The molecule has 2 fully saturated rings. The van der Waals surface area contributed by atoms with Crippen molar-refractivity contribution in [2.45, 2.75) is 55.5 Å². The van der Waals surface area contributed by atoms with Gasteiger partial charge in [-0.15, -0.1) is 0 Å². The molecule has 0 aliphatic carbocycles. The highest BCUT2D eigenvalue weighted by Gasteiger charge is 2.42. The van der Waals surface area contributed by atoms with Gasteiger partial charge in [-0.3, -0.25) is 9.59 Å². The highest BCUT2D eigenvalue weighted by molar-refractivity contribution is 8.00. The number of aliphatic hydroxyl groups is 1. The molecule has 2 heterocycles. The summed E-state index contributed by atoms with van der Waals surface area (Å²) in [6, 6.07) is 0.440. The number of aliphatic hydroxyl groups excluding tert-OH is 1. The maximum atomic E-state index is 11.1. The zero-order valence-corrected chi connectivity index (χ0v) is 14.2. The van der Waals surface area contributed by atoms with Crippen LogP contribution in [0.3, 0.4) is 0 Å². The molecule has 11 heteroatoms. The first-order chi connectivity index (χ1) is 11.7. The summed E-state index contributed by atoms with van der Waals surface area (Å²) in [6.07, 6.45) is 0.336. The van der Waals surface area contributed by atoms with Gasteiger partial charge in [0.1, 0.15) is 0 Å². The molecule has 0 aromatic carbocycles. The van der Waals surface area contributed by atoms with Gasteiger partial charge >= 0.3 is 23.9 Å². The Bertz CT molecular complexity index is 515. The van der Waals surface area contributed by atoms with Crippen molar-refractivity contribution in [2.75, 3.05) is 5.75 Å². The SMILES string of the molecule is O=C(O)CC(O)C(=O)O.O=C(O)CCCC[C@@H]1SC[C@@H]2NC(=O)N[C@@H]21. The Balaban J connectivity index is 0.000000299. The Hall–Kier alpha value is -2.01. The summed E-state index contributed by atoms with van der Waals surface area (Å²) in [7, 11) is 0. The lowest BCUT2D eigenvalue weighted by Gasteiger charge is -2.16. The van der Waals surface area contributed by atoms with Crippen LogP contribution in [0.1, 0.15) is 32.1 Å². The van der Waals surface area contributed by atoms with Gasteiger partial charge in [0, 0.05) is 17.4 Å². The summed E-state index contributed by atoms with van der Waals surface area (Å²) in [6.45, 7) is 0. The van der Waals surface area contributed by atoms with Crippen molar-refractivity contribution in [3.8, 4) is 0 Å². The van der Waals surface area contributed by atoms with Gasteiger partial charge in [0.25, 0.3) is 0 Å². The van der Waals surface area contributed by atoms with E-state index in [1.54, 1.807) is 0 Å². The molecule has 4 atom stereocenters. The third-order valence-electron chi connectivity index (χ3n) is 3.72. The van der Waals surface area contributed by atoms with Crippen molar-refractivity contribution in [3.05, 3.63) is 0 Å². The third kappa shape index (κ3) is 7.61. The van der Waals surface area contributed by atoms with Crippen molar-refractivity contribution in [3.63, 3.8) is 0 Å². The Kier molecular flexibility index (Phi) is 8.49. The van der Waals surface area contributed by atoms with Gasteiger partial charge in [-0.1, -0.05) is 6.42 Å². The van der Waals surface area contributed by atoms with E-state index >= 15 is 0 Å². The van der Waals surface area contributed by atoms with E-state index < -0.39 is 30.4 Å². The number of thioether (sulfide) groups is 1. The number of carbonyl (C=O) groups excluding carboxylic acids is 1. The second kappa shape index (κ2) is 10.1. The number of fused-ring (bicyclic) bond motifs is 1. The molecular formula is C14H22N2O8S. The number of carboxylic acids is 3. The van der Waals surface area contributed by atoms with Gasteiger partial charge < -0.3 is 31.1 Å². The fourth-order valence-electron chi connectivity index (χ4n) is 2.52. The Morgan fingerprint density at radius 3 is 2.32 bits per heavy atom. The van der Waals surface area contributed by atoms with Crippen LogP contribution in [0.15, 0.2) is 0 Å². The largest absolute Gasteiger partial charge is 0.481 e. The summed E-state index contributed by atoms with van der Waals surface area (Å²) in [5, 5.41) is 38.9. The molecule has 0 saturated carbocycles. The van der Waals surface area contributed by atoms with Gasteiger partial charge in [0.05, 0.1) is 18.5 Å². The van der Waals surface area contributed by atoms with Crippen molar-refractivity contribution < 1.29 is 39.6 Å². The maximum Gasteiger partial charge on any atom is 0.333 e. The number of carbonyl (C=O) groups is 4. The van der Waals surface area contributed by atoms with Crippen molar-refractivity contribution >= 4 is 35.7 Å². The van der Waals surface area contributed by atoms with E-state index in [9.17, 15) is 19.2 Å². The summed E-state index contributed by atoms with van der Waals surface area (Å²) in [5.41, 5.74) is 0. The second-order valence-corrected chi connectivity index (χ2v) is 6.99. The lowest BCUT2D eigenvalue weighted by molar-refractivity contribution is -0.152. The van der Waals surface area contributed by atoms with Crippen molar-refractivity contribution in [1.82, 2.24) is 10.6 Å². The maximum absolute atomic E-state index is 11.1.